The van der Waals surface area contributed by atoms with Gasteiger partial charge < -0.3 is 9.64 Å². The summed E-state index contributed by atoms with van der Waals surface area (Å²) in [7, 11) is 0. The van der Waals surface area contributed by atoms with Gasteiger partial charge in [-0.25, -0.2) is 10.0 Å². The molecule has 128 valence electrons. The number of hydrogen-bond acceptors (Lipinski definition) is 5. The quantitative estimate of drug-likeness (QED) is 0.876. The third kappa shape index (κ3) is 3.26. The molecule has 0 radical (unpaired) electrons. The van der Waals surface area contributed by atoms with Gasteiger partial charge in [0.2, 0.25) is 5.84 Å². The second-order valence-electron chi connectivity index (χ2n) is 6.24. The molecule has 1 aromatic rings. The number of ether oxygens (including phenoxy) is 1. The SMILES string of the molecule is C[C@@H]1CN(C(=O)C2=N[C@@H](C)C(=O)N(c3ccccc3)N2)C[C@@H](C)O1. The van der Waals surface area contributed by atoms with Crippen molar-refractivity contribution < 1.29 is 14.3 Å². The van der Waals surface area contributed by atoms with Gasteiger partial charge in [-0.2, -0.15) is 0 Å². The maximum atomic E-state index is 12.8. The lowest BCUT2D eigenvalue weighted by molar-refractivity contribution is -0.136. The molecule has 0 unspecified atom stereocenters. The van der Waals surface area contributed by atoms with Crippen LogP contribution in [0.5, 0.6) is 0 Å². The normalized spacial score (nSPS) is 27.5. The minimum absolute atomic E-state index is 0.0221. The number of aliphatic imine (C=N–C) groups is 1. The number of carbonyl (C=O) groups excluding carboxylic acids is 2. The Morgan fingerprint density at radius 1 is 1.17 bits per heavy atom. The number of morpholine rings is 1. The smallest absolute Gasteiger partial charge is 0.290 e. The van der Waals surface area contributed by atoms with Crippen LogP contribution >= 0.6 is 0 Å². The van der Waals surface area contributed by atoms with Crippen LogP contribution in [0.3, 0.4) is 0 Å². The van der Waals surface area contributed by atoms with Gasteiger partial charge in [-0.1, -0.05) is 18.2 Å². The van der Waals surface area contributed by atoms with Gasteiger partial charge >= 0.3 is 0 Å². The van der Waals surface area contributed by atoms with Crippen molar-refractivity contribution in [2.45, 2.75) is 39.0 Å². The van der Waals surface area contributed by atoms with Crippen molar-refractivity contribution in [2.75, 3.05) is 18.1 Å². The Balaban J connectivity index is 1.81. The number of rotatable bonds is 2. The predicted octanol–water partition coefficient (Wildman–Crippen LogP) is 0.961. The lowest BCUT2D eigenvalue weighted by Crippen LogP contribution is -2.60. The molecule has 1 fully saturated rings. The van der Waals surface area contributed by atoms with Crippen molar-refractivity contribution in [3.05, 3.63) is 30.3 Å². The average Bonchev–Trinajstić information content (AvgIpc) is 2.56. The van der Waals surface area contributed by atoms with Crippen LogP contribution in [0.2, 0.25) is 0 Å². The first-order valence-corrected chi connectivity index (χ1v) is 8.14. The molecular formula is C17H22N4O3. The zero-order valence-electron chi connectivity index (χ0n) is 14.1. The van der Waals surface area contributed by atoms with Gasteiger partial charge in [0.05, 0.1) is 17.9 Å². The molecule has 0 spiro atoms. The van der Waals surface area contributed by atoms with E-state index in [1.165, 1.54) is 5.01 Å². The van der Waals surface area contributed by atoms with Gasteiger partial charge in [0, 0.05) is 13.1 Å². The van der Waals surface area contributed by atoms with E-state index < -0.39 is 6.04 Å². The number of carbonyl (C=O) groups is 2. The molecule has 2 amide bonds. The molecule has 7 nitrogen and oxygen atoms in total. The average molecular weight is 330 g/mol. The van der Waals surface area contributed by atoms with E-state index in [0.717, 1.165) is 0 Å². The van der Waals surface area contributed by atoms with Crippen LogP contribution in [0.25, 0.3) is 0 Å². The molecule has 3 atom stereocenters. The fourth-order valence-corrected chi connectivity index (χ4v) is 2.99. The molecule has 3 rings (SSSR count). The molecule has 24 heavy (non-hydrogen) atoms. The highest BCUT2D eigenvalue weighted by atomic mass is 16.5. The summed E-state index contributed by atoms with van der Waals surface area (Å²) >= 11 is 0. The van der Waals surface area contributed by atoms with Crippen LogP contribution in [0, 0.1) is 0 Å². The van der Waals surface area contributed by atoms with Crippen LogP contribution < -0.4 is 10.4 Å². The molecule has 7 heteroatoms. The zero-order chi connectivity index (χ0) is 17.3. The fraction of sp³-hybridized carbons (Fsp3) is 0.471. The Bertz CT molecular complexity index is 651. The minimum atomic E-state index is -0.610. The summed E-state index contributed by atoms with van der Waals surface area (Å²) in [4.78, 5) is 31.2. The highest BCUT2D eigenvalue weighted by molar-refractivity contribution is 6.39. The molecule has 0 aliphatic carbocycles. The molecule has 1 N–H and O–H groups in total. The van der Waals surface area contributed by atoms with E-state index in [-0.39, 0.29) is 29.9 Å². The summed E-state index contributed by atoms with van der Waals surface area (Å²) in [5.41, 5.74) is 3.56. The summed E-state index contributed by atoms with van der Waals surface area (Å²) in [6, 6.07) is 8.56. The first kappa shape index (κ1) is 16.4. The molecule has 2 aliphatic heterocycles. The number of amidine groups is 1. The second kappa shape index (κ2) is 6.60. The Labute approximate surface area is 141 Å². The molecule has 0 saturated carbocycles. The van der Waals surface area contributed by atoms with Crippen molar-refractivity contribution in [3.8, 4) is 0 Å². The highest BCUT2D eigenvalue weighted by Crippen LogP contribution is 2.17. The van der Waals surface area contributed by atoms with Crippen LogP contribution in [-0.2, 0) is 14.3 Å². The van der Waals surface area contributed by atoms with Crippen molar-refractivity contribution in [2.24, 2.45) is 4.99 Å². The first-order chi connectivity index (χ1) is 11.5. The van der Waals surface area contributed by atoms with Gasteiger partial charge in [-0.05, 0) is 32.9 Å². The minimum Gasteiger partial charge on any atom is -0.372 e. The monoisotopic (exact) mass is 330 g/mol. The van der Waals surface area contributed by atoms with E-state index in [2.05, 4.69) is 10.4 Å². The van der Waals surface area contributed by atoms with E-state index in [1.54, 1.807) is 11.8 Å². The van der Waals surface area contributed by atoms with Gasteiger partial charge in [-0.3, -0.25) is 15.0 Å². The lowest BCUT2D eigenvalue weighted by Gasteiger charge is -2.37. The Kier molecular flexibility index (Phi) is 4.53. The van der Waals surface area contributed by atoms with Crippen molar-refractivity contribution in [1.29, 1.82) is 0 Å². The number of nitrogens with one attached hydrogen (secondary N) is 1. The summed E-state index contributed by atoms with van der Waals surface area (Å²) < 4.78 is 5.66. The Morgan fingerprint density at radius 2 is 1.79 bits per heavy atom. The molecule has 2 heterocycles. The summed E-state index contributed by atoms with van der Waals surface area (Å²) in [6.45, 7) is 6.59. The van der Waals surface area contributed by atoms with Gasteiger partial charge in [-0.15, -0.1) is 0 Å². The molecule has 0 bridgehead atoms. The van der Waals surface area contributed by atoms with E-state index in [1.807, 2.05) is 44.2 Å². The summed E-state index contributed by atoms with van der Waals surface area (Å²) in [5, 5.41) is 1.39. The Hall–Kier alpha value is -2.41. The van der Waals surface area contributed by atoms with Gasteiger partial charge in [0.25, 0.3) is 11.8 Å². The van der Waals surface area contributed by atoms with Crippen molar-refractivity contribution in [3.63, 3.8) is 0 Å². The Morgan fingerprint density at radius 3 is 2.42 bits per heavy atom. The maximum absolute atomic E-state index is 12.8. The summed E-state index contributed by atoms with van der Waals surface area (Å²) in [6.07, 6.45) is -0.0441. The molecular weight excluding hydrogens is 308 g/mol. The van der Waals surface area contributed by atoms with Crippen LogP contribution in [0.1, 0.15) is 20.8 Å². The standard InChI is InChI=1S/C17H22N4O3/c1-11-9-20(10-12(2)24-11)17(23)15-18-13(3)16(22)21(19-15)14-7-5-4-6-8-14/h4-8,11-13H,9-10H2,1-3H3,(H,18,19)/t11-,12-,13+/m1/s1. The number of hydrogen-bond donors (Lipinski definition) is 1. The number of benzene rings is 1. The topological polar surface area (TPSA) is 74.2 Å². The molecule has 0 aromatic heterocycles. The second-order valence-corrected chi connectivity index (χ2v) is 6.24. The van der Waals surface area contributed by atoms with E-state index >= 15 is 0 Å². The number of para-hydroxylation sites is 1. The first-order valence-electron chi connectivity index (χ1n) is 8.14. The van der Waals surface area contributed by atoms with E-state index in [0.29, 0.717) is 18.8 Å². The molecule has 1 aromatic carbocycles. The van der Waals surface area contributed by atoms with Crippen LogP contribution in [0.4, 0.5) is 5.69 Å². The molecule has 2 aliphatic rings. The fourth-order valence-electron chi connectivity index (χ4n) is 2.99. The van der Waals surface area contributed by atoms with Gasteiger partial charge in [0.1, 0.15) is 6.04 Å². The third-order valence-corrected chi connectivity index (χ3v) is 4.04. The summed E-state index contributed by atoms with van der Waals surface area (Å²) in [5.74, 6) is -0.217. The molecule has 1 saturated heterocycles. The number of hydrazine groups is 1. The van der Waals surface area contributed by atoms with Crippen LogP contribution in [0.15, 0.2) is 35.3 Å². The third-order valence-electron chi connectivity index (χ3n) is 4.04. The largest absolute Gasteiger partial charge is 0.372 e. The van der Waals surface area contributed by atoms with Crippen molar-refractivity contribution in [1.82, 2.24) is 10.3 Å². The van der Waals surface area contributed by atoms with Crippen LogP contribution in [-0.4, -0.2) is 53.9 Å². The van der Waals surface area contributed by atoms with E-state index in [9.17, 15) is 9.59 Å². The predicted molar refractivity (Wildman–Crippen MR) is 90.5 cm³/mol. The van der Waals surface area contributed by atoms with Crippen molar-refractivity contribution >= 4 is 23.3 Å². The lowest BCUT2D eigenvalue weighted by atomic mass is 10.2. The number of amides is 2. The maximum Gasteiger partial charge on any atom is 0.290 e. The van der Waals surface area contributed by atoms with Gasteiger partial charge in [0.15, 0.2) is 0 Å². The highest BCUT2D eigenvalue weighted by Gasteiger charge is 2.34. The number of nitrogens with zero attached hydrogens (tertiary/aromatic N) is 3. The van der Waals surface area contributed by atoms with E-state index in [4.69, 9.17) is 4.74 Å². The number of anilines is 1. The zero-order valence-corrected chi connectivity index (χ0v) is 14.1.